The van der Waals surface area contributed by atoms with Crippen molar-refractivity contribution in [2.24, 2.45) is 0 Å². The number of nitrogens with zero attached hydrogens (tertiary/aromatic N) is 1. The normalized spacial score (nSPS) is 20.4. The van der Waals surface area contributed by atoms with Crippen molar-refractivity contribution in [1.82, 2.24) is 15.5 Å². The minimum atomic E-state index is -0.00584. The van der Waals surface area contributed by atoms with Gasteiger partial charge < -0.3 is 25.0 Å². The molecule has 2 amide bonds. The van der Waals surface area contributed by atoms with Crippen molar-refractivity contribution in [2.75, 3.05) is 53.1 Å². The second kappa shape index (κ2) is 8.27. The van der Waals surface area contributed by atoms with Crippen LogP contribution in [0.3, 0.4) is 0 Å². The van der Waals surface area contributed by atoms with Gasteiger partial charge in [0.05, 0.1) is 19.8 Å². The Balaban J connectivity index is 2.04. The first kappa shape index (κ1) is 14.2. The zero-order chi connectivity index (χ0) is 12.5. The van der Waals surface area contributed by atoms with E-state index in [9.17, 15) is 4.79 Å². The van der Waals surface area contributed by atoms with Gasteiger partial charge in [-0.05, 0) is 6.92 Å². The summed E-state index contributed by atoms with van der Waals surface area (Å²) in [5.74, 6) is 0. The Hall–Kier alpha value is -0.850. The molecule has 0 saturated carbocycles. The molecule has 6 nitrogen and oxygen atoms in total. The number of hydrogen-bond donors (Lipinski definition) is 2. The van der Waals surface area contributed by atoms with E-state index in [1.807, 2.05) is 4.90 Å². The molecule has 0 aromatic carbocycles. The Morgan fingerprint density at radius 2 is 2.29 bits per heavy atom. The maximum absolute atomic E-state index is 11.7. The number of piperazine rings is 1. The van der Waals surface area contributed by atoms with E-state index >= 15 is 0 Å². The molecule has 1 heterocycles. The molecule has 2 N–H and O–H groups in total. The van der Waals surface area contributed by atoms with E-state index in [1.165, 1.54) is 0 Å². The molecule has 0 aliphatic carbocycles. The minimum absolute atomic E-state index is 0.00584. The van der Waals surface area contributed by atoms with E-state index in [2.05, 4.69) is 17.6 Å². The molecular weight excluding hydrogens is 222 g/mol. The maximum atomic E-state index is 11.7. The highest BCUT2D eigenvalue weighted by Gasteiger charge is 2.19. The summed E-state index contributed by atoms with van der Waals surface area (Å²) in [6.45, 7) is 6.68. The third-order valence-corrected chi connectivity index (χ3v) is 2.61. The van der Waals surface area contributed by atoms with Crippen LogP contribution in [-0.4, -0.2) is 70.1 Å². The van der Waals surface area contributed by atoms with Crippen molar-refractivity contribution in [1.29, 1.82) is 0 Å². The number of ether oxygens (including phenoxy) is 2. The number of carbonyl (C=O) groups is 1. The summed E-state index contributed by atoms with van der Waals surface area (Å²) in [6, 6.07) is 0.362. The van der Waals surface area contributed by atoms with Gasteiger partial charge in [-0.3, -0.25) is 0 Å². The van der Waals surface area contributed by atoms with Gasteiger partial charge in [-0.15, -0.1) is 0 Å². The first-order valence-corrected chi connectivity index (χ1v) is 6.07. The number of rotatable bonds is 6. The maximum Gasteiger partial charge on any atom is 0.317 e. The monoisotopic (exact) mass is 245 g/mol. The van der Waals surface area contributed by atoms with Crippen molar-refractivity contribution in [3.63, 3.8) is 0 Å². The molecule has 0 radical (unpaired) electrons. The van der Waals surface area contributed by atoms with Crippen LogP contribution in [0, 0.1) is 0 Å². The van der Waals surface area contributed by atoms with Gasteiger partial charge in [0, 0.05) is 39.3 Å². The number of urea groups is 1. The van der Waals surface area contributed by atoms with Crippen LogP contribution in [0.4, 0.5) is 4.79 Å². The SMILES string of the molecule is COCCOCCNC(=O)N1CCNC(C)C1. The molecule has 0 aromatic rings. The van der Waals surface area contributed by atoms with Crippen LogP contribution in [0.1, 0.15) is 6.92 Å². The van der Waals surface area contributed by atoms with Crippen LogP contribution in [0.15, 0.2) is 0 Å². The van der Waals surface area contributed by atoms with E-state index < -0.39 is 0 Å². The molecule has 0 spiro atoms. The molecule has 1 rings (SSSR count). The summed E-state index contributed by atoms with van der Waals surface area (Å²) in [5.41, 5.74) is 0. The van der Waals surface area contributed by atoms with Crippen LogP contribution in [0.5, 0.6) is 0 Å². The predicted octanol–water partition coefficient (Wildman–Crippen LogP) is -0.347. The fourth-order valence-corrected chi connectivity index (χ4v) is 1.70. The van der Waals surface area contributed by atoms with Gasteiger partial charge in [0.2, 0.25) is 0 Å². The number of nitrogens with one attached hydrogen (secondary N) is 2. The second-order valence-corrected chi connectivity index (χ2v) is 4.14. The summed E-state index contributed by atoms with van der Waals surface area (Å²) in [7, 11) is 1.64. The fraction of sp³-hybridized carbons (Fsp3) is 0.909. The van der Waals surface area contributed by atoms with Gasteiger partial charge in [0.15, 0.2) is 0 Å². The number of amides is 2. The largest absolute Gasteiger partial charge is 0.382 e. The predicted molar refractivity (Wildman–Crippen MR) is 65.1 cm³/mol. The lowest BCUT2D eigenvalue weighted by Gasteiger charge is -2.31. The molecule has 100 valence electrons. The van der Waals surface area contributed by atoms with E-state index in [0.29, 0.717) is 32.4 Å². The van der Waals surface area contributed by atoms with Gasteiger partial charge in [0.1, 0.15) is 0 Å². The zero-order valence-electron chi connectivity index (χ0n) is 10.7. The molecular formula is C11H23N3O3. The van der Waals surface area contributed by atoms with Crippen LogP contribution in [0.25, 0.3) is 0 Å². The number of methoxy groups -OCH3 is 1. The lowest BCUT2D eigenvalue weighted by atomic mass is 10.2. The van der Waals surface area contributed by atoms with Crippen LogP contribution in [0.2, 0.25) is 0 Å². The fourth-order valence-electron chi connectivity index (χ4n) is 1.70. The molecule has 0 bridgehead atoms. The van der Waals surface area contributed by atoms with Crippen molar-refractivity contribution in [2.45, 2.75) is 13.0 Å². The molecule has 1 aliphatic rings. The number of hydrogen-bond acceptors (Lipinski definition) is 4. The minimum Gasteiger partial charge on any atom is -0.382 e. The summed E-state index contributed by atoms with van der Waals surface area (Å²) in [4.78, 5) is 13.6. The Labute approximate surface area is 103 Å². The van der Waals surface area contributed by atoms with Crippen molar-refractivity contribution >= 4 is 6.03 Å². The van der Waals surface area contributed by atoms with Crippen molar-refractivity contribution in [3.8, 4) is 0 Å². The van der Waals surface area contributed by atoms with E-state index in [1.54, 1.807) is 7.11 Å². The molecule has 1 unspecified atom stereocenters. The standard InChI is InChI=1S/C11H23N3O3/c1-10-9-14(5-3-12-10)11(15)13-4-6-17-8-7-16-2/h10,12H,3-9H2,1-2H3,(H,13,15). The smallest absolute Gasteiger partial charge is 0.317 e. The number of carbonyl (C=O) groups excluding carboxylic acids is 1. The van der Waals surface area contributed by atoms with Gasteiger partial charge in [0.25, 0.3) is 0 Å². The van der Waals surface area contributed by atoms with Gasteiger partial charge in [-0.25, -0.2) is 4.79 Å². The topological polar surface area (TPSA) is 62.8 Å². The Morgan fingerprint density at radius 1 is 1.47 bits per heavy atom. The van der Waals surface area contributed by atoms with E-state index in [4.69, 9.17) is 9.47 Å². The molecule has 1 saturated heterocycles. The Bertz CT molecular complexity index is 226. The van der Waals surface area contributed by atoms with Crippen LogP contribution >= 0.6 is 0 Å². The van der Waals surface area contributed by atoms with Gasteiger partial charge in [-0.2, -0.15) is 0 Å². The summed E-state index contributed by atoms with van der Waals surface area (Å²) < 4.78 is 10.1. The van der Waals surface area contributed by atoms with E-state index in [0.717, 1.165) is 19.6 Å². The molecule has 1 atom stereocenters. The zero-order valence-corrected chi connectivity index (χ0v) is 10.7. The highest BCUT2D eigenvalue weighted by atomic mass is 16.5. The Morgan fingerprint density at radius 3 is 3.00 bits per heavy atom. The second-order valence-electron chi connectivity index (χ2n) is 4.14. The first-order valence-electron chi connectivity index (χ1n) is 6.07. The third-order valence-electron chi connectivity index (χ3n) is 2.61. The summed E-state index contributed by atoms with van der Waals surface area (Å²) in [5, 5.41) is 6.14. The first-order chi connectivity index (χ1) is 8.24. The van der Waals surface area contributed by atoms with Crippen LogP contribution in [-0.2, 0) is 9.47 Å². The van der Waals surface area contributed by atoms with Crippen molar-refractivity contribution in [3.05, 3.63) is 0 Å². The van der Waals surface area contributed by atoms with Gasteiger partial charge in [-0.1, -0.05) is 0 Å². The lowest BCUT2D eigenvalue weighted by Crippen LogP contribution is -2.54. The quantitative estimate of drug-likeness (QED) is 0.628. The molecule has 1 fully saturated rings. The highest BCUT2D eigenvalue weighted by Crippen LogP contribution is 1.98. The average molecular weight is 245 g/mol. The van der Waals surface area contributed by atoms with Crippen molar-refractivity contribution < 1.29 is 14.3 Å². The molecule has 17 heavy (non-hydrogen) atoms. The molecule has 6 heteroatoms. The third kappa shape index (κ3) is 5.86. The van der Waals surface area contributed by atoms with Gasteiger partial charge >= 0.3 is 6.03 Å². The summed E-state index contributed by atoms with van der Waals surface area (Å²) in [6.07, 6.45) is 0. The Kier molecular flexibility index (Phi) is 6.91. The molecule has 0 aromatic heterocycles. The van der Waals surface area contributed by atoms with E-state index in [-0.39, 0.29) is 6.03 Å². The average Bonchev–Trinajstić information content (AvgIpc) is 2.33. The highest BCUT2D eigenvalue weighted by molar-refractivity contribution is 5.74. The molecule has 1 aliphatic heterocycles. The lowest BCUT2D eigenvalue weighted by molar-refractivity contribution is 0.0719. The summed E-state index contributed by atoms with van der Waals surface area (Å²) >= 11 is 0. The van der Waals surface area contributed by atoms with Crippen LogP contribution < -0.4 is 10.6 Å².